The van der Waals surface area contributed by atoms with Crippen LogP contribution in [-0.2, 0) is 17.8 Å². The van der Waals surface area contributed by atoms with Crippen LogP contribution in [0.15, 0.2) is 34.8 Å². The van der Waals surface area contributed by atoms with Crippen molar-refractivity contribution in [3.05, 3.63) is 49.6 Å². The summed E-state index contributed by atoms with van der Waals surface area (Å²) in [6.45, 7) is 0.642. The highest BCUT2D eigenvalue weighted by Gasteiger charge is 2.05. The van der Waals surface area contributed by atoms with E-state index in [1.807, 2.05) is 30.3 Å². The SMILES string of the molecule is O=C(O)Cc1ccc(CNc2cc(Cl)ccc2Br)s1. The number of nitrogens with one attached hydrogen (secondary N) is 1. The minimum atomic E-state index is -0.807. The maximum Gasteiger partial charge on any atom is 0.308 e. The zero-order valence-electron chi connectivity index (χ0n) is 9.82. The smallest absolute Gasteiger partial charge is 0.308 e. The van der Waals surface area contributed by atoms with Crippen molar-refractivity contribution in [1.29, 1.82) is 0 Å². The van der Waals surface area contributed by atoms with Crippen molar-refractivity contribution in [1.82, 2.24) is 0 Å². The number of halogens is 2. The van der Waals surface area contributed by atoms with Gasteiger partial charge in [0.1, 0.15) is 0 Å². The van der Waals surface area contributed by atoms with Crippen molar-refractivity contribution in [3.8, 4) is 0 Å². The molecule has 0 bridgehead atoms. The number of anilines is 1. The number of rotatable bonds is 5. The van der Waals surface area contributed by atoms with Gasteiger partial charge in [-0.15, -0.1) is 11.3 Å². The van der Waals surface area contributed by atoms with Gasteiger partial charge in [0.15, 0.2) is 0 Å². The molecule has 2 rings (SSSR count). The molecule has 100 valence electrons. The van der Waals surface area contributed by atoms with Gasteiger partial charge in [-0.3, -0.25) is 4.79 Å². The van der Waals surface area contributed by atoms with Crippen molar-refractivity contribution in [2.24, 2.45) is 0 Å². The van der Waals surface area contributed by atoms with E-state index in [0.717, 1.165) is 19.9 Å². The Morgan fingerprint density at radius 1 is 1.32 bits per heavy atom. The first kappa shape index (κ1) is 14.4. The highest BCUT2D eigenvalue weighted by Crippen LogP contribution is 2.27. The molecule has 1 aromatic heterocycles. The highest BCUT2D eigenvalue weighted by molar-refractivity contribution is 9.10. The predicted octanol–water partition coefficient (Wildman–Crippen LogP) is 4.40. The van der Waals surface area contributed by atoms with Crippen LogP contribution >= 0.6 is 38.9 Å². The average molecular weight is 361 g/mol. The monoisotopic (exact) mass is 359 g/mol. The van der Waals surface area contributed by atoms with E-state index in [2.05, 4.69) is 21.2 Å². The van der Waals surface area contributed by atoms with Gasteiger partial charge in [-0.25, -0.2) is 0 Å². The quantitative estimate of drug-likeness (QED) is 0.830. The van der Waals surface area contributed by atoms with Gasteiger partial charge in [0.05, 0.1) is 12.1 Å². The number of aliphatic carboxylic acids is 1. The van der Waals surface area contributed by atoms with Crippen LogP contribution in [-0.4, -0.2) is 11.1 Å². The Morgan fingerprint density at radius 2 is 2.05 bits per heavy atom. The first-order chi connectivity index (χ1) is 9.04. The molecule has 0 fully saturated rings. The Kier molecular flexibility index (Phi) is 4.85. The molecule has 0 saturated heterocycles. The standard InChI is InChI=1S/C13H11BrClNO2S/c14-11-4-1-8(15)5-12(11)16-7-10-3-2-9(19-10)6-13(17)18/h1-5,16H,6-7H2,(H,17,18). The molecule has 0 saturated carbocycles. The third-order valence-corrected chi connectivity index (χ3v) is 4.44. The van der Waals surface area contributed by atoms with E-state index in [-0.39, 0.29) is 6.42 Å². The molecule has 0 unspecified atom stereocenters. The average Bonchev–Trinajstić information content (AvgIpc) is 2.77. The van der Waals surface area contributed by atoms with Gasteiger partial charge in [-0.1, -0.05) is 11.6 Å². The summed E-state index contributed by atoms with van der Waals surface area (Å²) in [5, 5.41) is 12.7. The lowest BCUT2D eigenvalue weighted by atomic mass is 10.3. The highest BCUT2D eigenvalue weighted by atomic mass is 79.9. The van der Waals surface area contributed by atoms with E-state index in [1.54, 1.807) is 0 Å². The second-order valence-corrected chi connectivity index (χ2v) is 6.46. The van der Waals surface area contributed by atoms with Gasteiger partial charge in [0.25, 0.3) is 0 Å². The summed E-state index contributed by atoms with van der Waals surface area (Å²) in [4.78, 5) is 12.6. The second-order valence-electron chi connectivity index (χ2n) is 3.92. The molecule has 0 atom stereocenters. The zero-order valence-corrected chi connectivity index (χ0v) is 13.0. The maximum atomic E-state index is 10.6. The molecule has 0 aliphatic heterocycles. The van der Waals surface area contributed by atoms with Crippen LogP contribution < -0.4 is 5.32 Å². The van der Waals surface area contributed by atoms with Crippen molar-refractivity contribution in [2.75, 3.05) is 5.32 Å². The molecular formula is C13H11BrClNO2S. The fourth-order valence-electron chi connectivity index (χ4n) is 1.58. The number of carbonyl (C=O) groups is 1. The molecule has 0 aliphatic carbocycles. The Bertz CT molecular complexity index is 600. The van der Waals surface area contributed by atoms with E-state index in [4.69, 9.17) is 16.7 Å². The molecule has 19 heavy (non-hydrogen) atoms. The zero-order chi connectivity index (χ0) is 13.8. The minimum absolute atomic E-state index is 0.0749. The second kappa shape index (κ2) is 6.41. The molecule has 0 amide bonds. The van der Waals surface area contributed by atoms with Gasteiger partial charge in [-0.2, -0.15) is 0 Å². The van der Waals surface area contributed by atoms with Gasteiger partial charge in [-0.05, 0) is 46.3 Å². The number of carboxylic acid groups (broad SMARTS) is 1. The fourth-order valence-corrected chi connectivity index (χ4v) is 3.08. The van der Waals surface area contributed by atoms with Gasteiger partial charge in [0, 0.05) is 25.8 Å². The molecule has 1 heterocycles. The summed E-state index contributed by atoms with van der Waals surface area (Å²) in [5.41, 5.74) is 0.917. The fraction of sp³-hybridized carbons (Fsp3) is 0.154. The summed E-state index contributed by atoms with van der Waals surface area (Å²) in [6.07, 6.45) is 0.0749. The van der Waals surface area contributed by atoms with Crippen LogP contribution in [0, 0.1) is 0 Å². The Labute approximate surface area is 128 Å². The summed E-state index contributed by atoms with van der Waals surface area (Å²) < 4.78 is 0.944. The molecule has 6 heteroatoms. The molecule has 1 aromatic carbocycles. The van der Waals surface area contributed by atoms with Crippen molar-refractivity contribution in [3.63, 3.8) is 0 Å². The summed E-state index contributed by atoms with van der Waals surface area (Å²) in [7, 11) is 0. The molecule has 2 aromatic rings. The van der Waals surface area contributed by atoms with E-state index in [9.17, 15) is 4.79 Å². The largest absolute Gasteiger partial charge is 0.481 e. The summed E-state index contributed by atoms with van der Waals surface area (Å²) in [5.74, 6) is -0.807. The van der Waals surface area contributed by atoms with E-state index < -0.39 is 5.97 Å². The van der Waals surface area contributed by atoms with E-state index in [1.165, 1.54) is 11.3 Å². The number of carboxylic acids is 1. The lowest BCUT2D eigenvalue weighted by molar-refractivity contribution is -0.136. The number of hydrogen-bond donors (Lipinski definition) is 2. The van der Waals surface area contributed by atoms with Gasteiger partial charge in [0.2, 0.25) is 0 Å². The molecule has 0 aliphatic rings. The van der Waals surface area contributed by atoms with E-state index >= 15 is 0 Å². The van der Waals surface area contributed by atoms with Gasteiger partial charge >= 0.3 is 5.97 Å². The van der Waals surface area contributed by atoms with Crippen molar-refractivity contribution in [2.45, 2.75) is 13.0 Å². The Morgan fingerprint density at radius 3 is 2.79 bits per heavy atom. The molecule has 2 N–H and O–H groups in total. The van der Waals surface area contributed by atoms with Gasteiger partial charge < -0.3 is 10.4 Å². The third kappa shape index (κ3) is 4.23. The first-order valence-corrected chi connectivity index (χ1v) is 7.51. The summed E-state index contributed by atoms with van der Waals surface area (Å²) in [6, 6.07) is 9.33. The van der Waals surface area contributed by atoms with Crippen LogP contribution in [0.2, 0.25) is 5.02 Å². The Balaban J connectivity index is 2.00. The van der Waals surface area contributed by atoms with Crippen molar-refractivity contribution >= 4 is 50.5 Å². The lowest BCUT2D eigenvalue weighted by Gasteiger charge is -2.07. The van der Waals surface area contributed by atoms with Crippen LogP contribution in [0.1, 0.15) is 9.75 Å². The topological polar surface area (TPSA) is 49.3 Å². The number of hydrogen-bond acceptors (Lipinski definition) is 3. The molecular weight excluding hydrogens is 350 g/mol. The van der Waals surface area contributed by atoms with E-state index in [0.29, 0.717) is 11.6 Å². The van der Waals surface area contributed by atoms with Crippen molar-refractivity contribution < 1.29 is 9.90 Å². The summed E-state index contributed by atoms with van der Waals surface area (Å²) >= 11 is 10.9. The normalized spacial score (nSPS) is 10.4. The van der Waals surface area contributed by atoms with Crippen LogP contribution in [0.4, 0.5) is 5.69 Å². The van der Waals surface area contributed by atoms with Crippen LogP contribution in [0.5, 0.6) is 0 Å². The predicted molar refractivity (Wildman–Crippen MR) is 82.1 cm³/mol. The third-order valence-electron chi connectivity index (χ3n) is 2.42. The Hall–Kier alpha value is -1.04. The maximum absolute atomic E-state index is 10.6. The van der Waals surface area contributed by atoms with Crippen LogP contribution in [0.3, 0.4) is 0 Å². The molecule has 0 radical (unpaired) electrons. The number of benzene rings is 1. The van der Waals surface area contributed by atoms with Crippen LogP contribution in [0.25, 0.3) is 0 Å². The molecule has 3 nitrogen and oxygen atoms in total. The number of thiophene rings is 1. The minimum Gasteiger partial charge on any atom is -0.481 e. The first-order valence-electron chi connectivity index (χ1n) is 5.53. The molecule has 0 spiro atoms. The lowest BCUT2D eigenvalue weighted by Crippen LogP contribution is -1.98.